The summed E-state index contributed by atoms with van der Waals surface area (Å²) in [5, 5.41) is 4.17. The van der Waals surface area contributed by atoms with Crippen LogP contribution in [0.4, 0.5) is 5.69 Å². The van der Waals surface area contributed by atoms with Crippen LogP contribution < -0.4 is 15.8 Å². The van der Waals surface area contributed by atoms with Crippen molar-refractivity contribution in [2.75, 3.05) is 18.0 Å². The van der Waals surface area contributed by atoms with Crippen LogP contribution in [0.15, 0.2) is 29.1 Å². The first-order valence-corrected chi connectivity index (χ1v) is 8.97. The quantitative estimate of drug-likeness (QED) is 0.753. The van der Waals surface area contributed by atoms with Crippen LogP contribution >= 0.6 is 11.3 Å². The second-order valence-electron chi connectivity index (χ2n) is 6.20. The molecule has 0 bridgehead atoms. The van der Waals surface area contributed by atoms with Gasteiger partial charge in [-0.15, -0.1) is 11.3 Å². The van der Waals surface area contributed by atoms with Crippen LogP contribution in [0.25, 0.3) is 10.2 Å². The first kappa shape index (κ1) is 15.4. The summed E-state index contributed by atoms with van der Waals surface area (Å²) >= 11 is 1.60. The van der Waals surface area contributed by atoms with Gasteiger partial charge in [0.15, 0.2) is 0 Å². The number of hydrogen-bond acceptors (Lipinski definition) is 5. The molecule has 2 N–H and O–H groups in total. The van der Waals surface area contributed by atoms with Gasteiger partial charge in [0, 0.05) is 30.2 Å². The summed E-state index contributed by atoms with van der Waals surface area (Å²) in [6.07, 6.45) is 0. The maximum Gasteiger partial charge on any atom is 0.259 e. The molecule has 3 heterocycles. The lowest BCUT2D eigenvalue weighted by Gasteiger charge is -2.23. The van der Waals surface area contributed by atoms with Crippen molar-refractivity contribution < 1.29 is 0 Å². The molecule has 1 aromatic carbocycles. The van der Waals surface area contributed by atoms with E-state index in [9.17, 15) is 4.79 Å². The van der Waals surface area contributed by atoms with E-state index in [1.165, 1.54) is 11.3 Å². The highest BCUT2D eigenvalue weighted by Gasteiger charge is 2.17. The summed E-state index contributed by atoms with van der Waals surface area (Å²) in [6.45, 7) is 7.32. The van der Waals surface area contributed by atoms with Crippen LogP contribution in [0.3, 0.4) is 0 Å². The van der Waals surface area contributed by atoms with Crippen LogP contribution in [0.5, 0.6) is 0 Å². The second kappa shape index (κ2) is 6.03. The molecule has 4 rings (SSSR count). The van der Waals surface area contributed by atoms with Crippen LogP contribution in [0, 0.1) is 13.8 Å². The number of rotatable bonds is 2. The summed E-state index contributed by atoms with van der Waals surface area (Å²) in [5.41, 5.74) is 3.50. The average Bonchev–Trinajstić information content (AvgIpc) is 2.74. The second-order valence-corrected chi connectivity index (χ2v) is 7.41. The molecule has 1 aliphatic rings. The molecule has 1 aliphatic heterocycles. The van der Waals surface area contributed by atoms with E-state index in [0.717, 1.165) is 46.1 Å². The minimum absolute atomic E-state index is 0.0296. The lowest BCUT2D eigenvalue weighted by Crippen LogP contribution is -2.30. The predicted molar refractivity (Wildman–Crippen MR) is 98.9 cm³/mol. The fourth-order valence-corrected chi connectivity index (χ4v) is 4.29. The van der Waals surface area contributed by atoms with Crippen LogP contribution in [0.2, 0.25) is 0 Å². The molecular formula is C18H20N4OS. The normalized spacial score (nSPS) is 14.7. The molecule has 0 spiro atoms. The molecule has 0 atom stereocenters. The van der Waals surface area contributed by atoms with Gasteiger partial charge < -0.3 is 15.2 Å². The molecule has 6 heteroatoms. The van der Waals surface area contributed by atoms with Gasteiger partial charge in [-0.1, -0.05) is 18.2 Å². The fourth-order valence-electron chi connectivity index (χ4n) is 3.25. The van der Waals surface area contributed by atoms with E-state index in [4.69, 9.17) is 4.98 Å². The zero-order chi connectivity index (χ0) is 16.7. The van der Waals surface area contributed by atoms with Gasteiger partial charge in [-0.05, 0) is 31.0 Å². The number of nitrogens with zero attached hydrogens (tertiary/aromatic N) is 2. The van der Waals surface area contributed by atoms with Crippen molar-refractivity contribution in [3.8, 4) is 0 Å². The molecule has 24 heavy (non-hydrogen) atoms. The van der Waals surface area contributed by atoms with Crippen molar-refractivity contribution in [2.24, 2.45) is 0 Å². The standard InChI is InChI=1S/C18H20N4OS/c1-11-12(2)24-18-16(11)17(23)20-15(21-18)10-22-8-7-19-9-13-5-3-4-6-14(13)22/h3-6,19H,7-10H2,1-2H3,(H,20,21,23). The SMILES string of the molecule is Cc1sc2nc(CN3CCNCc4ccccc43)[nH]c(=O)c2c1C. The van der Waals surface area contributed by atoms with Gasteiger partial charge in [0.05, 0.1) is 11.9 Å². The number of aryl methyl sites for hydroxylation is 2. The Morgan fingerprint density at radius 3 is 3.00 bits per heavy atom. The Morgan fingerprint density at radius 1 is 1.29 bits per heavy atom. The van der Waals surface area contributed by atoms with Gasteiger partial charge in [-0.3, -0.25) is 4.79 Å². The van der Waals surface area contributed by atoms with E-state index >= 15 is 0 Å². The zero-order valence-corrected chi connectivity index (χ0v) is 14.7. The highest BCUT2D eigenvalue weighted by Crippen LogP contribution is 2.27. The third-order valence-electron chi connectivity index (χ3n) is 4.63. The lowest BCUT2D eigenvalue weighted by atomic mass is 10.1. The number of benzene rings is 1. The molecule has 0 saturated heterocycles. The molecule has 0 saturated carbocycles. The molecule has 0 unspecified atom stereocenters. The molecule has 124 valence electrons. The molecule has 0 radical (unpaired) electrons. The third-order valence-corrected chi connectivity index (χ3v) is 5.74. The number of aromatic nitrogens is 2. The lowest BCUT2D eigenvalue weighted by molar-refractivity contribution is 0.680. The van der Waals surface area contributed by atoms with Gasteiger partial charge in [0.25, 0.3) is 5.56 Å². The van der Waals surface area contributed by atoms with Crippen LogP contribution in [-0.2, 0) is 13.1 Å². The zero-order valence-electron chi connectivity index (χ0n) is 13.8. The number of fused-ring (bicyclic) bond motifs is 2. The summed E-state index contributed by atoms with van der Waals surface area (Å²) in [6, 6.07) is 8.40. The summed E-state index contributed by atoms with van der Waals surface area (Å²) in [7, 11) is 0. The minimum atomic E-state index is -0.0296. The largest absolute Gasteiger partial charge is 0.363 e. The summed E-state index contributed by atoms with van der Waals surface area (Å²) in [5.74, 6) is 0.727. The van der Waals surface area contributed by atoms with Gasteiger partial charge in [-0.25, -0.2) is 4.98 Å². The van der Waals surface area contributed by atoms with Crippen molar-refractivity contribution in [1.29, 1.82) is 0 Å². The van der Waals surface area contributed by atoms with Crippen molar-refractivity contribution in [3.05, 3.63) is 56.4 Å². The summed E-state index contributed by atoms with van der Waals surface area (Å²) < 4.78 is 0. The number of nitrogens with one attached hydrogen (secondary N) is 2. The van der Waals surface area contributed by atoms with E-state index in [1.807, 2.05) is 13.8 Å². The number of hydrogen-bond donors (Lipinski definition) is 2. The Morgan fingerprint density at radius 2 is 2.12 bits per heavy atom. The van der Waals surface area contributed by atoms with E-state index in [2.05, 4.69) is 39.5 Å². The number of anilines is 1. The fraction of sp³-hybridized carbons (Fsp3) is 0.333. The maximum absolute atomic E-state index is 12.5. The van der Waals surface area contributed by atoms with Crippen molar-refractivity contribution in [1.82, 2.24) is 15.3 Å². The van der Waals surface area contributed by atoms with E-state index in [0.29, 0.717) is 6.54 Å². The average molecular weight is 340 g/mol. The molecular weight excluding hydrogens is 320 g/mol. The Balaban J connectivity index is 1.73. The van der Waals surface area contributed by atoms with E-state index < -0.39 is 0 Å². The molecule has 5 nitrogen and oxygen atoms in total. The highest BCUT2D eigenvalue weighted by atomic mass is 32.1. The van der Waals surface area contributed by atoms with Gasteiger partial charge >= 0.3 is 0 Å². The number of H-pyrrole nitrogens is 1. The Labute approximate surface area is 144 Å². The van der Waals surface area contributed by atoms with E-state index in [-0.39, 0.29) is 5.56 Å². The smallest absolute Gasteiger partial charge is 0.259 e. The first-order valence-electron chi connectivity index (χ1n) is 8.16. The van der Waals surface area contributed by atoms with Crippen molar-refractivity contribution >= 4 is 27.2 Å². The first-order chi connectivity index (χ1) is 11.6. The summed E-state index contributed by atoms with van der Waals surface area (Å²) in [4.78, 5) is 24.4. The van der Waals surface area contributed by atoms with Crippen LogP contribution in [0.1, 0.15) is 21.8 Å². The Bertz CT molecular complexity index is 959. The van der Waals surface area contributed by atoms with Crippen molar-refractivity contribution in [2.45, 2.75) is 26.9 Å². The number of aromatic amines is 1. The Kier molecular flexibility index (Phi) is 3.86. The molecule has 2 aromatic heterocycles. The molecule has 0 amide bonds. The molecule has 0 fully saturated rings. The highest BCUT2D eigenvalue weighted by molar-refractivity contribution is 7.18. The Hall–Kier alpha value is -2.18. The van der Waals surface area contributed by atoms with E-state index in [1.54, 1.807) is 11.3 Å². The van der Waals surface area contributed by atoms with Gasteiger partial charge in [-0.2, -0.15) is 0 Å². The number of para-hydroxylation sites is 1. The molecule has 0 aliphatic carbocycles. The topological polar surface area (TPSA) is 61.0 Å². The van der Waals surface area contributed by atoms with Crippen LogP contribution in [-0.4, -0.2) is 23.1 Å². The maximum atomic E-state index is 12.5. The predicted octanol–water partition coefficient (Wildman–Crippen LogP) is 2.71. The van der Waals surface area contributed by atoms with Gasteiger partial charge in [0.1, 0.15) is 10.7 Å². The molecule has 3 aromatic rings. The number of thiophene rings is 1. The van der Waals surface area contributed by atoms with Gasteiger partial charge in [0.2, 0.25) is 0 Å². The third kappa shape index (κ3) is 2.61. The van der Waals surface area contributed by atoms with Crippen molar-refractivity contribution in [3.63, 3.8) is 0 Å². The minimum Gasteiger partial charge on any atom is -0.363 e. The monoisotopic (exact) mass is 340 g/mol.